The largest absolute Gasteiger partial charge is 0.467 e. The molecule has 3 N–H and O–H groups in total. The van der Waals surface area contributed by atoms with Crippen molar-refractivity contribution >= 4 is 28.9 Å². The van der Waals surface area contributed by atoms with Crippen LogP contribution in [0.5, 0.6) is 0 Å². The molecule has 1 aromatic heterocycles. The van der Waals surface area contributed by atoms with Crippen molar-refractivity contribution in [2.24, 2.45) is 0 Å². The number of rotatable bonds is 5. The second-order valence-electron chi connectivity index (χ2n) is 5.04. The van der Waals surface area contributed by atoms with E-state index in [-0.39, 0.29) is 12.5 Å². The zero-order chi connectivity index (χ0) is 15.9. The molecule has 0 bridgehead atoms. The Balaban J connectivity index is 1.73. The van der Waals surface area contributed by atoms with Crippen molar-refractivity contribution in [3.05, 3.63) is 53.5 Å². The number of amides is 1. The third-order valence-corrected chi connectivity index (χ3v) is 3.18. The van der Waals surface area contributed by atoms with Gasteiger partial charge >= 0.3 is 0 Å². The van der Waals surface area contributed by atoms with Gasteiger partial charge in [-0.3, -0.25) is 4.79 Å². The molecule has 5 nitrogen and oxygen atoms in total. The minimum atomic E-state index is -0.152. The Kier molecular flexibility index (Phi) is 5.55. The van der Waals surface area contributed by atoms with Crippen LogP contribution < -0.4 is 16.0 Å². The molecule has 116 valence electrons. The molecule has 0 radical (unpaired) electrons. The third-order valence-electron chi connectivity index (χ3n) is 2.93. The van der Waals surface area contributed by atoms with Gasteiger partial charge in [0.2, 0.25) is 5.91 Å². The summed E-state index contributed by atoms with van der Waals surface area (Å²) in [6.07, 6.45) is 1.57. The number of furan rings is 1. The maximum atomic E-state index is 11.7. The summed E-state index contributed by atoms with van der Waals surface area (Å²) in [4.78, 5) is 11.7. The average Bonchev–Trinajstić information content (AvgIpc) is 2.95. The van der Waals surface area contributed by atoms with E-state index < -0.39 is 0 Å². The molecule has 1 heterocycles. The number of anilines is 1. The minimum absolute atomic E-state index is 0.108. The van der Waals surface area contributed by atoms with Gasteiger partial charge in [-0.1, -0.05) is 6.07 Å². The highest BCUT2D eigenvalue weighted by Crippen LogP contribution is 2.13. The lowest BCUT2D eigenvalue weighted by molar-refractivity contribution is -0.120. The first kappa shape index (κ1) is 16.0. The zero-order valence-electron chi connectivity index (χ0n) is 12.6. The molecule has 0 saturated carbocycles. The number of nitrogens with one attached hydrogen (secondary N) is 3. The van der Waals surface area contributed by atoms with Crippen LogP contribution in [0.15, 0.2) is 41.0 Å². The quantitative estimate of drug-likeness (QED) is 0.740. The summed E-state index contributed by atoms with van der Waals surface area (Å²) in [6, 6.07) is 9.67. The summed E-state index contributed by atoms with van der Waals surface area (Å²) in [5.41, 5.74) is 3.22. The number of benzene rings is 1. The highest BCUT2D eigenvalue weighted by Gasteiger charge is 2.04. The van der Waals surface area contributed by atoms with Crippen LogP contribution >= 0.6 is 12.2 Å². The van der Waals surface area contributed by atoms with Crippen LogP contribution in [-0.4, -0.2) is 17.6 Å². The Labute approximate surface area is 135 Å². The second kappa shape index (κ2) is 7.61. The van der Waals surface area contributed by atoms with Gasteiger partial charge in [-0.15, -0.1) is 0 Å². The van der Waals surface area contributed by atoms with Gasteiger partial charge in [0.05, 0.1) is 19.4 Å². The van der Waals surface area contributed by atoms with Gasteiger partial charge in [0.25, 0.3) is 0 Å². The number of hydrogen-bond donors (Lipinski definition) is 3. The third kappa shape index (κ3) is 5.21. The molecular formula is C16H19N3O2S. The Morgan fingerprint density at radius 1 is 1.18 bits per heavy atom. The molecule has 2 aromatic rings. The van der Waals surface area contributed by atoms with E-state index in [1.54, 1.807) is 18.4 Å². The van der Waals surface area contributed by atoms with E-state index in [9.17, 15) is 4.79 Å². The highest BCUT2D eigenvalue weighted by molar-refractivity contribution is 7.80. The summed E-state index contributed by atoms with van der Waals surface area (Å²) >= 11 is 5.18. The van der Waals surface area contributed by atoms with E-state index in [0.717, 1.165) is 16.8 Å². The Morgan fingerprint density at radius 2 is 1.91 bits per heavy atom. The Morgan fingerprint density at radius 3 is 2.55 bits per heavy atom. The van der Waals surface area contributed by atoms with Gasteiger partial charge in [0.15, 0.2) is 5.11 Å². The molecular weight excluding hydrogens is 298 g/mol. The monoisotopic (exact) mass is 317 g/mol. The lowest BCUT2D eigenvalue weighted by Gasteiger charge is -2.11. The van der Waals surface area contributed by atoms with Crippen molar-refractivity contribution in [2.75, 3.05) is 11.9 Å². The first-order valence-corrected chi connectivity index (χ1v) is 7.36. The van der Waals surface area contributed by atoms with Crippen LogP contribution in [0.1, 0.15) is 16.9 Å². The molecule has 0 atom stereocenters. The van der Waals surface area contributed by atoms with Crippen LogP contribution in [0.25, 0.3) is 0 Å². The van der Waals surface area contributed by atoms with E-state index in [1.165, 1.54) is 0 Å². The normalized spacial score (nSPS) is 10.1. The zero-order valence-corrected chi connectivity index (χ0v) is 13.4. The van der Waals surface area contributed by atoms with Crippen LogP contribution in [0, 0.1) is 13.8 Å². The maximum Gasteiger partial charge on any atom is 0.239 e. The summed E-state index contributed by atoms with van der Waals surface area (Å²) in [6.45, 7) is 4.52. The van der Waals surface area contributed by atoms with Crippen molar-refractivity contribution in [2.45, 2.75) is 20.4 Å². The molecule has 0 unspecified atom stereocenters. The number of thiocarbonyl (C=S) groups is 1. The second-order valence-corrected chi connectivity index (χ2v) is 5.45. The summed E-state index contributed by atoms with van der Waals surface area (Å²) in [5.74, 6) is 0.560. The van der Waals surface area contributed by atoms with Crippen LogP contribution in [0.2, 0.25) is 0 Å². The highest BCUT2D eigenvalue weighted by atomic mass is 32.1. The minimum Gasteiger partial charge on any atom is -0.467 e. The van der Waals surface area contributed by atoms with Crippen molar-refractivity contribution in [1.82, 2.24) is 10.6 Å². The number of hydrogen-bond acceptors (Lipinski definition) is 3. The van der Waals surface area contributed by atoms with E-state index in [1.807, 2.05) is 26.0 Å². The Bertz CT molecular complexity index is 633. The SMILES string of the molecule is Cc1cc(C)cc(NC(=S)NCC(=O)NCc2ccco2)c1. The fourth-order valence-electron chi connectivity index (χ4n) is 2.04. The first-order valence-electron chi connectivity index (χ1n) is 6.95. The van der Waals surface area contributed by atoms with Gasteiger partial charge in [0, 0.05) is 5.69 Å². The molecule has 22 heavy (non-hydrogen) atoms. The standard InChI is InChI=1S/C16H19N3O2S/c1-11-6-12(2)8-13(7-11)19-16(22)18-10-15(20)17-9-14-4-3-5-21-14/h3-8H,9-10H2,1-2H3,(H,17,20)(H2,18,19,22). The van der Waals surface area contributed by atoms with Crippen LogP contribution in [0.3, 0.4) is 0 Å². The molecule has 0 saturated heterocycles. The fraction of sp³-hybridized carbons (Fsp3) is 0.250. The van der Waals surface area contributed by atoms with E-state index in [0.29, 0.717) is 17.4 Å². The molecule has 0 aliphatic carbocycles. The van der Waals surface area contributed by atoms with Gasteiger partial charge in [-0.2, -0.15) is 0 Å². The predicted molar refractivity (Wildman–Crippen MR) is 90.7 cm³/mol. The molecule has 0 fully saturated rings. The predicted octanol–water partition coefficient (Wildman–Crippen LogP) is 2.50. The lowest BCUT2D eigenvalue weighted by Crippen LogP contribution is -2.38. The van der Waals surface area contributed by atoms with Crippen molar-refractivity contribution in [3.63, 3.8) is 0 Å². The van der Waals surface area contributed by atoms with Gasteiger partial charge in [-0.25, -0.2) is 0 Å². The summed E-state index contributed by atoms with van der Waals surface area (Å²) in [7, 11) is 0. The van der Waals surface area contributed by atoms with E-state index >= 15 is 0 Å². The Hall–Kier alpha value is -2.34. The smallest absolute Gasteiger partial charge is 0.239 e. The molecule has 0 spiro atoms. The molecule has 0 aliphatic rings. The average molecular weight is 317 g/mol. The lowest BCUT2D eigenvalue weighted by atomic mass is 10.1. The van der Waals surface area contributed by atoms with Crippen molar-refractivity contribution in [3.8, 4) is 0 Å². The molecule has 2 rings (SSSR count). The van der Waals surface area contributed by atoms with E-state index in [2.05, 4.69) is 22.0 Å². The van der Waals surface area contributed by atoms with Crippen LogP contribution in [0.4, 0.5) is 5.69 Å². The van der Waals surface area contributed by atoms with Crippen LogP contribution in [-0.2, 0) is 11.3 Å². The number of carbonyl (C=O) groups is 1. The fourth-order valence-corrected chi connectivity index (χ4v) is 2.23. The van der Waals surface area contributed by atoms with Crippen molar-refractivity contribution in [1.29, 1.82) is 0 Å². The van der Waals surface area contributed by atoms with Gasteiger partial charge in [-0.05, 0) is 61.5 Å². The van der Waals surface area contributed by atoms with Crippen molar-refractivity contribution < 1.29 is 9.21 Å². The van der Waals surface area contributed by atoms with Gasteiger partial charge in [0.1, 0.15) is 5.76 Å². The summed E-state index contributed by atoms with van der Waals surface area (Å²) < 4.78 is 5.14. The summed E-state index contributed by atoms with van der Waals surface area (Å²) in [5, 5.41) is 9.10. The molecule has 1 amide bonds. The topological polar surface area (TPSA) is 66.3 Å². The first-order chi connectivity index (χ1) is 10.5. The maximum absolute atomic E-state index is 11.7. The van der Waals surface area contributed by atoms with E-state index in [4.69, 9.17) is 16.6 Å². The molecule has 0 aliphatic heterocycles. The van der Waals surface area contributed by atoms with Gasteiger partial charge < -0.3 is 20.4 Å². The number of aryl methyl sites for hydroxylation is 2. The molecule has 1 aromatic carbocycles. The number of carbonyl (C=O) groups excluding carboxylic acids is 1. The molecule has 6 heteroatoms.